The zero-order chi connectivity index (χ0) is 17.6. The van der Waals surface area contributed by atoms with Gasteiger partial charge in [0.25, 0.3) is 5.91 Å². The first kappa shape index (κ1) is 16.9. The van der Waals surface area contributed by atoms with Crippen molar-refractivity contribution >= 4 is 29.0 Å². The number of nitrogens with zero attached hydrogens (tertiary/aromatic N) is 1. The number of pyridine rings is 1. The second-order valence-electron chi connectivity index (χ2n) is 5.37. The summed E-state index contributed by atoms with van der Waals surface area (Å²) in [6.45, 7) is 0.555. The summed E-state index contributed by atoms with van der Waals surface area (Å²) in [5.41, 5.74) is 1.87. The number of carbonyl (C=O) groups excluding carboxylic acids is 1. The van der Waals surface area contributed by atoms with Gasteiger partial charge >= 0.3 is 0 Å². The molecule has 0 saturated carbocycles. The molecule has 2 N–H and O–H groups in total. The van der Waals surface area contributed by atoms with E-state index in [9.17, 15) is 9.18 Å². The topological polar surface area (TPSA) is 54.0 Å². The molecule has 0 aliphatic rings. The zero-order valence-corrected chi connectivity index (χ0v) is 13.9. The Hall–Kier alpha value is -2.92. The summed E-state index contributed by atoms with van der Waals surface area (Å²) in [6.07, 6.45) is 1.55. The molecule has 3 aromatic rings. The lowest BCUT2D eigenvalue weighted by Crippen LogP contribution is -2.13. The molecular weight excluding hydrogens is 341 g/mol. The minimum absolute atomic E-state index is 0.331. The van der Waals surface area contributed by atoms with E-state index < -0.39 is 5.82 Å². The fourth-order valence-electron chi connectivity index (χ4n) is 2.23. The Morgan fingerprint density at radius 1 is 1.08 bits per heavy atom. The summed E-state index contributed by atoms with van der Waals surface area (Å²) in [6, 6.07) is 16.4. The van der Waals surface area contributed by atoms with Gasteiger partial charge in [0.2, 0.25) is 0 Å². The van der Waals surface area contributed by atoms with E-state index in [0.717, 1.165) is 5.56 Å². The van der Waals surface area contributed by atoms with Gasteiger partial charge < -0.3 is 10.6 Å². The highest BCUT2D eigenvalue weighted by atomic mass is 35.5. The number of aromatic nitrogens is 1. The average Bonchev–Trinajstić information content (AvgIpc) is 2.61. The molecule has 4 nitrogen and oxygen atoms in total. The lowest BCUT2D eigenvalue weighted by Gasteiger charge is -2.09. The van der Waals surface area contributed by atoms with Gasteiger partial charge in [-0.1, -0.05) is 29.8 Å². The molecule has 3 rings (SSSR count). The van der Waals surface area contributed by atoms with Crippen molar-refractivity contribution in [3.63, 3.8) is 0 Å². The molecule has 0 aliphatic carbocycles. The molecule has 6 heteroatoms. The molecule has 1 heterocycles. The molecular formula is C19H15ClFN3O. The number of benzene rings is 2. The fourth-order valence-corrected chi connectivity index (χ4v) is 2.36. The quantitative estimate of drug-likeness (QED) is 0.695. The van der Waals surface area contributed by atoms with Gasteiger partial charge in [0, 0.05) is 29.0 Å². The van der Waals surface area contributed by atoms with Gasteiger partial charge in [-0.05, 0) is 48.0 Å². The van der Waals surface area contributed by atoms with E-state index in [1.54, 1.807) is 24.4 Å². The van der Waals surface area contributed by atoms with Crippen LogP contribution in [0.5, 0.6) is 0 Å². The van der Waals surface area contributed by atoms with Crippen LogP contribution in [0.4, 0.5) is 15.9 Å². The van der Waals surface area contributed by atoms with Crippen LogP contribution >= 0.6 is 11.6 Å². The Bertz CT molecular complexity index is 884. The summed E-state index contributed by atoms with van der Waals surface area (Å²) in [5.74, 6) is -0.165. The highest BCUT2D eigenvalue weighted by Crippen LogP contribution is 2.14. The van der Waals surface area contributed by atoms with Crippen molar-refractivity contribution in [1.82, 2.24) is 4.98 Å². The van der Waals surface area contributed by atoms with Crippen molar-refractivity contribution in [2.24, 2.45) is 0 Å². The van der Waals surface area contributed by atoms with Gasteiger partial charge in [0.05, 0.1) is 0 Å². The predicted molar refractivity (Wildman–Crippen MR) is 97.4 cm³/mol. The van der Waals surface area contributed by atoms with E-state index in [1.165, 1.54) is 18.2 Å². The van der Waals surface area contributed by atoms with Gasteiger partial charge in [-0.15, -0.1) is 0 Å². The van der Waals surface area contributed by atoms with Crippen LogP contribution in [0, 0.1) is 5.82 Å². The number of rotatable bonds is 5. The zero-order valence-electron chi connectivity index (χ0n) is 13.2. The Kier molecular flexibility index (Phi) is 5.26. The largest absolute Gasteiger partial charge is 0.366 e. The predicted octanol–water partition coefficient (Wildman–Crippen LogP) is 4.74. The van der Waals surface area contributed by atoms with Gasteiger partial charge in [-0.3, -0.25) is 4.79 Å². The standard InChI is InChI=1S/C19H15ClFN3O/c20-15-6-4-13(5-7-15)12-23-18-10-14(8-9-22-18)19(25)24-17-3-1-2-16(21)11-17/h1-11H,12H2,(H,22,23)(H,24,25). The van der Waals surface area contributed by atoms with Crippen LogP contribution in [-0.4, -0.2) is 10.9 Å². The molecule has 1 amide bonds. The molecule has 0 atom stereocenters. The number of amides is 1. The SMILES string of the molecule is O=C(Nc1cccc(F)c1)c1ccnc(NCc2ccc(Cl)cc2)c1. The maximum atomic E-state index is 13.2. The van der Waals surface area contributed by atoms with Crippen LogP contribution in [0.15, 0.2) is 66.9 Å². The number of hydrogen-bond acceptors (Lipinski definition) is 3. The number of anilines is 2. The van der Waals surface area contributed by atoms with Crippen LogP contribution in [0.3, 0.4) is 0 Å². The van der Waals surface area contributed by atoms with E-state index >= 15 is 0 Å². The number of nitrogens with one attached hydrogen (secondary N) is 2. The first-order chi connectivity index (χ1) is 12.1. The van der Waals surface area contributed by atoms with Gasteiger partial charge in [-0.25, -0.2) is 9.37 Å². The normalized spacial score (nSPS) is 10.3. The fraction of sp³-hybridized carbons (Fsp3) is 0.0526. The number of carbonyl (C=O) groups is 1. The Balaban J connectivity index is 1.66. The summed E-state index contributed by atoms with van der Waals surface area (Å²) in [5, 5.41) is 6.49. The molecule has 0 saturated heterocycles. The van der Waals surface area contributed by atoms with Crippen molar-refractivity contribution in [3.8, 4) is 0 Å². The molecule has 0 radical (unpaired) electrons. The molecule has 1 aromatic heterocycles. The van der Waals surface area contributed by atoms with Crippen LogP contribution in [-0.2, 0) is 6.54 Å². The van der Waals surface area contributed by atoms with Crippen molar-refractivity contribution in [3.05, 3.63) is 88.8 Å². The Labute approximate surface area is 149 Å². The van der Waals surface area contributed by atoms with Crippen molar-refractivity contribution in [2.45, 2.75) is 6.54 Å². The molecule has 0 aliphatic heterocycles. The Morgan fingerprint density at radius 3 is 2.64 bits per heavy atom. The van der Waals surface area contributed by atoms with E-state index in [-0.39, 0.29) is 5.91 Å². The van der Waals surface area contributed by atoms with Crippen LogP contribution in [0.1, 0.15) is 15.9 Å². The first-order valence-electron chi connectivity index (χ1n) is 7.61. The van der Waals surface area contributed by atoms with Gasteiger partial charge in [-0.2, -0.15) is 0 Å². The van der Waals surface area contributed by atoms with E-state index in [4.69, 9.17) is 11.6 Å². The highest BCUT2D eigenvalue weighted by molar-refractivity contribution is 6.30. The third-order valence-electron chi connectivity index (χ3n) is 3.49. The summed E-state index contributed by atoms with van der Waals surface area (Å²) < 4.78 is 13.2. The number of hydrogen-bond donors (Lipinski definition) is 2. The Morgan fingerprint density at radius 2 is 1.88 bits per heavy atom. The first-order valence-corrected chi connectivity index (χ1v) is 7.99. The molecule has 2 aromatic carbocycles. The lowest BCUT2D eigenvalue weighted by atomic mass is 10.2. The maximum Gasteiger partial charge on any atom is 0.255 e. The smallest absolute Gasteiger partial charge is 0.255 e. The molecule has 0 spiro atoms. The van der Waals surface area contributed by atoms with Crippen LogP contribution < -0.4 is 10.6 Å². The lowest BCUT2D eigenvalue weighted by molar-refractivity contribution is 0.102. The average molecular weight is 356 g/mol. The molecule has 0 bridgehead atoms. The van der Waals surface area contributed by atoms with E-state index in [0.29, 0.717) is 28.6 Å². The molecule has 0 fully saturated rings. The minimum atomic E-state index is -0.405. The number of halogens is 2. The third kappa shape index (κ3) is 4.78. The van der Waals surface area contributed by atoms with Gasteiger partial charge in [0.1, 0.15) is 11.6 Å². The van der Waals surface area contributed by atoms with Crippen LogP contribution in [0.25, 0.3) is 0 Å². The van der Waals surface area contributed by atoms with Crippen molar-refractivity contribution < 1.29 is 9.18 Å². The molecule has 0 unspecified atom stereocenters. The minimum Gasteiger partial charge on any atom is -0.366 e. The molecule has 126 valence electrons. The highest BCUT2D eigenvalue weighted by Gasteiger charge is 2.08. The van der Waals surface area contributed by atoms with E-state index in [1.807, 2.05) is 24.3 Å². The van der Waals surface area contributed by atoms with E-state index in [2.05, 4.69) is 15.6 Å². The maximum absolute atomic E-state index is 13.2. The van der Waals surface area contributed by atoms with Crippen molar-refractivity contribution in [2.75, 3.05) is 10.6 Å². The summed E-state index contributed by atoms with van der Waals surface area (Å²) >= 11 is 5.86. The van der Waals surface area contributed by atoms with Crippen molar-refractivity contribution in [1.29, 1.82) is 0 Å². The van der Waals surface area contributed by atoms with Gasteiger partial charge in [0.15, 0.2) is 0 Å². The van der Waals surface area contributed by atoms with Crippen LogP contribution in [0.2, 0.25) is 5.02 Å². The monoisotopic (exact) mass is 355 g/mol. The summed E-state index contributed by atoms with van der Waals surface area (Å²) in [7, 11) is 0. The second-order valence-corrected chi connectivity index (χ2v) is 5.81. The molecule has 25 heavy (non-hydrogen) atoms. The second kappa shape index (κ2) is 7.77. The third-order valence-corrected chi connectivity index (χ3v) is 3.74. The summed E-state index contributed by atoms with van der Waals surface area (Å²) in [4.78, 5) is 16.5.